The third-order valence-corrected chi connectivity index (χ3v) is 9.56. The molecule has 1 spiro atoms. The summed E-state index contributed by atoms with van der Waals surface area (Å²) in [6.45, 7) is 19.3. The number of hydrogen-bond acceptors (Lipinski definition) is 5. The number of aliphatic hydroxyl groups is 1. The summed E-state index contributed by atoms with van der Waals surface area (Å²) < 4.78 is 6.93. The van der Waals surface area contributed by atoms with Crippen molar-refractivity contribution in [3.63, 3.8) is 0 Å². The van der Waals surface area contributed by atoms with Crippen molar-refractivity contribution in [2.75, 3.05) is 37.7 Å². The lowest BCUT2D eigenvalue weighted by Crippen LogP contribution is -2.57. The maximum absolute atomic E-state index is 14.8. The van der Waals surface area contributed by atoms with Crippen LogP contribution >= 0.6 is 0 Å². The molecule has 224 valence electrons. The van der Waals surface area contributed by atoms with Crippen molar-refractivity contribution in [1.29, 1.82) is 0 Å². The van der Waals surface area contributed by atoms with Crippen LogP contribution < -0.4 is 4.90 Å². The number of para-hydroxylation sites is 1. The number of hydrogen-bond donors (Lipinski definition) is 1. The van der Waals surface area contributed by atoms with E-state index in [1.165, 1.54) is 0 Å². The first-order chi connectivity index (χ1) is 19.5. The van der Waals surface area contributed by atoms with E-state index in [4.69, 9.17) is 4.74 Å². The molecule has 4 rings (SSSR count). The Morgan fingerprint density at radius 2 is 1.80 bits per heavy atom. The third-order valence-electron chi connectivity index (χ3n) is 9.56. The van der Waals surface area contributed by atoms with Gasteiger partial charge in [0.25, 0.3) is 5.91 Å². The molecular formula is C33H47N3O5. The average Bonchev–Trinajstić information content (AvgIpc) is 3.44. The molecule has 3 aliphatic rings. The van der Waals surface area contributed by atoms with Crippen molar-refractivity contribution in [2.45, 2.75) is 77.5 Å². The molecule has 6 atom stereocenters. The fourth-order valence-corrected chi connectivity index (χ4v) is 7.74. The summed E-state index contributed by atoms with van der Waals surface area (Å²) in [5.74, 6) is -2.02. The van der Waals surface area contributed by atoms with Crippen LogP contribution in [0.4, 0.5) is 5.69 Å². The van der Waals surface area contributed by atoms with Gasteiger partial charge < -0.3 is 24.5 Å². The lowest BCUT2D eigenvalue weighted by molar-refractivity contribution is -0.151. The van der Waals surface area contributed by atoms with E-state index in [0.717, 1.165) is 23.2 Å². The van der Waals surface area contributed by atoms with Gasteiger partial charge in [0, 0.05) is 38.5 Å². The molecule has 1 aromatic carbocycles. The van der Waals surface area contributed by atoms with E-state index in [9.17, 15) is 19.5 Å². The first-order valence-corrected chi connectivity index (χ1v) is 15.0. The molecule has 3 saturated heterocycles. The van der Waals surface area contributed by atoms with E-state index >= 15 is 0 Å². The molecule has 8 nitrogen and oxygen atoms in total. The standard InChI is InChI=1S/C33H47N3O5/c1-8-16-34(17-9-2)29(38)25-26-30(39)36(19-11-12-20-37)28(33(26)21-24(6)32(25,7)41-33)31(40)35(18-10-3)27-22(4)14-13-15-23(27)5/h8,10,13-15,24-26,28,37H,1,3,9,11-12,16-21H2,2,4-7H3/t24?,25-,26+,28?,32+,33?/m1/s1. The highest BCUT2D eigenvalue weighted by atomic mass is 16.5. The van der Waals surface area contributed by atoms with Gasteiger partial charge >= 0.3 is 0 Å². The molecule has 0 saturated carbocycles. The summed E-state index contributed by atoms with van der Waals surface area (Å²) in [5, 5.41) is 9.49. The Labute approximate surface area is 245 Å². The first kappa shape index (κ1) is 31.0. The Morgan fingerprint density at radius 1 is 1.15 bits per heavy atom. The third kappa shape index (κ3) is 4.93. The van der Waals surface area contributed by atoms with Crippen LogP contribution in [0.1, 0.15) is 57.6 Å². The van der Waals surface area contributed by atoms with Crippen LogP contribution in [0, 0.1) is 31.6 Å². The highest BCUT2D eigenvalue weighted by Gasteiger charge is 2.80. The summed E-state index contributed by atoms with van der Waals surface area (Å²) in [6.07, 6.45) is 5.77. The number of amides is 3. The van der Waals surface area contributed by atoms with Gasteiger partial charge in [0.15, 0.2) is 0 Å². The van der Waals surface area contributed by atoms with E-state index in [1.54, 1.807) is 26.9 Å². The largest absolute Gasteiger partial charge is 0.396 e. The van der Waals surface area contributed by atoms with Gasteiger partial charge in [-0.1, -0.05) is 44.2 Å². The second kappa shape index (κ2) is 12.1. The Bertz CT molecular complexity index is 1180. The minimum atomic E-state index is -1.12. The predicted octanol–water partition coefficient (Wildman–Crippen LogP) is 4.03. The highest BCUT2D eigenvalue weighted by Crippen LogP contribution is 2.65. The maximum atomic E-state index is 14.8. The molecule has 41 heavy (non-hydrogen) atoms. The number of anilines is 1. The van der Waals surface area contributed by atoms with Gasteiger partial charge in [-0.15, -0.1) is 13.2 Å². The summed E-state index contributed by atoms with van der Waals surface area (Å²) in [6, 6.07) is 5.02. The van der Waals surface area contributed by atoms with Crippen LogP contribution in [0.5, 0.6) is 0 Å². The molecule has 3 fully saturated rings. The summed E-state index contributed by atoms with van der Waals surface area (Å²) in [4.78, 5) is 48.6. The average molecular weight is 566 g/mol. The Balaban J connectivity index is 1.85. The van der Waals surface area contributed by atoms with E-state index < -0.39 is 29.1 Å². The van der Waals surface area contributed by atoms with Crippen molar-refractivity contribution in [2.24, 2.45) is 17.8 Å². The van der Waals surface area contributed by atoms with Crippen LogP contribution in [0.3, 0.4) is 0 Å². The molecule has 1 aromatic rings. The van der Waals surface area contributed by atoms with Crippen LogP contribution in [0.15, 0.2) is 43.5 Å². The molecule has 0 radical (unpaired) electrons. The molecule has 8 heteroatoms. The number of ether oxygens (including phenoxy) is 1. The summed E-state index contributed by atoms with van der Waals surface area (Å²) in [7, 11) is 0. The monoisotopic (exact) mass is 565 g/mol. The molecular weight excluding hydrogens is 518 g/mol. The van der Waals surface area contributed by atoms with Crippen molar-refractivity contribution < 1.29 is 24.2 Å². The quantitative estimate of drug-likeness (QED) is 0.288. The van der Waals surface area contributed by atoms with Crippen molar-refractivity contribution in [3.8, 4) is 0 Å². The van der Waals surface area contributed by atoms with Gasteiger partial charge in [0.1, 0.15) is 11.6 Å². The fraction of sp³-hybridized carbons (Fsp3) is 0.606. The van der Waals surface area contributed by atoms with Crippen molar-refractivity contribution in [1.82, 2.24) is 9.80 Å². The van der Waals surface area contributed by atoms with Crippen LogP contribution in [-0.4, -0.2) is 82.7 Å². The highest BCUT2D eigenvalue weighted by molar-refractivity contribution is 6.05. The molecule has 1 N–H and O–H groups in total. The van der Waals surface area contributed by atoms with Gasteiger partial charge in [-0.05, 0) is 63.5 Å². The molecule has 0 aliphatic carbocycles. The van der Waals surface area contributed by atoms with E-state index in [1.807, 2.05) is 45.9 Å². The number of unbranched alkanes of at least 4 members (excludes halogenated alkanes) is 1. The number of nitrogens with zero attached hydrogens (tertiary/aromatic N) is 3. The first-order valence-electron chi connectivity index (χ1n) is 15.0. The summed E-state index contributed by atoms with van der Waals surface area (Å²) in [5.41, 5.74) is 0.719. The lowest BCUT2D eigenvalue weighted by atomic mass is 9.62. The Morgan fingerprint density at radius 3 is 2.39 bits per heavy atom. The van der Waals surface area contributed by atoms with Gasteiger partial charge in [-0.25, -0.2) is 0 Å². The van der Waals surface area contributed by atoms with Crippen molar-refractivity contribution in [3.05, 3.63) is 54.6 Å². The van der Waals surface area contributed by atoms with E-state index in [-0.39, 0.29) is 36.8 Å². The van der Waals surface area contributed by atoms with Crippen molar-refractivity contribution >= 4 is 23.4 Å². The number of rotatable bonds is 13. The smallest absolute Gasteiger partial charge is 0.253 e. The predicted molar refractivity (Wildman–Crippen MR) is 160 cm³/mol. The van der Waals surface area contributed by atoms with E-state index in [2.05, 4.69) is 20.1 Å². The molecule has 3 aliphatic heterocycles. The van der Waals surface area contributed by atoms with Crippen LogP contribution in [0.25, 0.3) is 0 Å². The second-order valence-corrected chi connectivity index (χ2v) is 12.2. The molecule has 3 amide bonds. The number of carbonyl (C=O) groups is 3. The SMILES string of the molecule is C=CCN(CCC)C(=O)[C@H]1[C@H]2C(=O)N(CCCCO)C(C(=O)N(CC=C)c3c(C)cccc3C)C23CC(C)[C@]1(C)O3. The van der Waals surface area contributed by atoms with Crippen LogP contribution in [0.2, 0.25) is 0 Å². The number of aryl methyl sites for hydroxylation is 2. The molecule has 3 heterocycles. The van der Waals surface area contributed by atoms with Gasteiger partial charge in [-0.2, -0.15) is 0 Å². The Hall–Kier alpha value is -2.97. The van der Waals surface area contributed by atoms with Crippen LogP contribution in [-0.2, 0) is 19.1 Å². The zero-order valence-corrected chi connectivity index (χ0v) is 25.4. The number of carbonyl (C=O) groups excluding carboxylic acids is 3. The second-order valence-electron chi connectivity index (χ2n) is 12.2. The topological polar surface area (TPSA) is 90.4 Å². The van der Waals surface area contributed by atoms with E-state index in [0.29, 0.717) is 38.9 Å². The zero-order valence-electron chi connectivity index (χ0n) is 25.4. The maximum Gasteiger partial charge on any atom is 0.253 e. The molecule has 0 aromatic heterocycles. The number of fused-ring (bicyclic) bond motifs is 1. The fourth-order valence-electron chi connectivity index (χ4n) is 7.74. The molecule has 3 unspecified atom stereocenters. The summed E-state index contributed by atoms with van der Waals surface area (Å²) >= 11 is 0. The van der Waals surface area contributed by atoms with Gasteiger partial charge in [-0.3, -0.25) is 14.4 Å². The molecule has 2 bridgehead atoms. The number of benzene rings is 1. The minimum Gasteiger partial charge on any atom is -0.396 e. The normalized spacial score (nSPS) is 29.9. The zero-order chi connectivity index (χ0) is 30.1. The lowest BCUT2D eigenvalue weighted by Gasteiger charge is -2.39. The number of aliphatic hydroxyl groups excluding tert-OH is 1. The number of likely N-dealkylation sites (tertiary alicyclic amines) is 1. The Kier molecular flexibility index (Phi) is 9.14. The van der Waals surface area contributed by atoms with Gasteiger partial charge in [0.2, 0.25) is 11.8 Å². The minimum absolute atomic E-state index is 0.000452. The van der Waals surface area contributed by atoms with Gasteiger partial charge in [0.05, 0.1) is 17.4 Å².